The van der Waals surface area contributed by atoms with Gasteiger partial charge in [0.15, 0.2) is 0 Å². The zero-order valence-corrected chi connectivity index (χ0v) is 29.4. The van der Waals surface area contributed by atoms with Gasteiger partial charge < -0.3 is 9.80 Å². The predicted octanol–water partition coefficient (Wildman–Crippen LogP) is 8.78. The smallest absolute Gasteiger partial charge is 0.264 e. The number of carbonyl (C=O) groups excluding carboxylic acids is 2. The Morgan fingerprint density at radius 2 is 1.08 bits per heavy atom. The lowest BCUT2D eigenvalue weighted by Crippen LogP contribution is -2.51. The number of amides is 2. The van der Waals surface area contributed by atoms with Gasteiger partial charge in [-0.2, -0.15) is 5.26 Å². The number of carbonyl (C=O) groups is 2. The van der Waals surface area contributed by atoms with Gasteiger partial charge >= 0.3 is 0 Å². The van der Waals surface area contributed by atoms with E-state index in [2.05, 4.69) is 101 Å². The first-order valence-corrected chi connectivity index (χ1v) is 17.3. The summed E-state index contributed by atoms with van der Waals surface area (Å²) < 4.78 is 0. The maximum Gasteiger partial charge on any atom is 0.264 e. The molecule has 0 saturated carbocycles. The van der Waals surface area contributed by atoms with E-state index in [1.807, 2.05) is 12.2 Å². The number of nitrogens with zero attached hydrogens (tertiary/aromatic N) is 4. The maximum atomic E-state index is 13.6. The molecule has 2 aliphatic carbocycles. The summed E-state index contributed by atoms with van der Waals surface area (Å²) in [4.78, 5) is 34.4. The molecule has 0 aromatic heterocycles. The molecule has 0 N–H and O–H groups in total. The molecule has 2 aromatic rings. The normalized spacial score (nSPS) is 19.4. The standard InChI is InChI=1S/C42H48N4O2/c1-41(2,3)35-18-14-29(15-19-35)31-10-8-12-33(26-31)37(28-43)39(47)45-22-24-46(25-23-45)40(48)38(44-7)34-13-9-11-32(27-34)30-16-20-36(21-17-30)42(4,5)6/h14-21,26-27H,8-13,22-25H2,1-6H3/b37-33+,38-34-. The lowest BCUT2D eigenvalue weighted by molar-refractivity contribution is -0.134. The summed E-state index contributed by atoms with van der Waals surface area (Å²) >= 11 is 0. The fraction of sp³-hybridized carbons (Fsp3) is 0.429. The quantitative estimate of drug-likeness (QED) is 0.191. The van der Waals surface area contributed by atoms with Crippen molar-refractivity contribution in [2.45, 2.75) is 90.9 Å². The Kier molecular flexibility index (Phi) is 10.3. The van der Waals surface area contributed by atoms with Crippen LogP contribution in [0.3, 0.4) is 0 Å². The van der Waals surface area contributed by atoms with Crippen LogP contribution in [0.1, 0.15) is 102 Å². The van der Waals surface area contributed by atoms with Crippen LogP contribution in [0.15, 0.2) is 83.1 Å². The molecule has 0 radical (unpaired) electrons. The van der Waals surface area contributed by atoms with E-state index in [0.717, 1.165) is 59.1 Å². The molecule has 1 aliphatic heterocycles. The molecule has 1 heterocycles. The van der Waals surface area contributed by atoms with Crippen molar-refractivity contribution in [1.82, 2.24) is 9.80 Å². The second-order valence-electron chi connectivity index (χ2n) is 15.3. The third kappa shape index (κ3) is 7.71. The molecule has 5 rings (SSSR count). The second kappa shape index (κ2) is 14.2. The van der Waals surface area contributed by atoms with Crippen LogP contribution < -0.4 is 0 Å². The number of rotatable bonds is 4. The lowest BCUT2D eigenvalue weighted by Gasteiger charge is -2.35. The van der Waals surface area contributed by atoms with E-state index in [-0.39, 0.29) is 33.9 Å². The lowest BCUT2D eigenvalue weighted by atomic mass is 9.84. The van der Waals surface area contributed by atoms with Gasteiger partial charge in [0.1, 0.15) is 11.6 Å². The minimum atomic E-state index is -0.277. The van der Waals surface area contributed by atoms with Crippen LogP contribution in [0, 0.1) is 17.9 Å². The van der Waals surface area contributed by atoms with Crippen molar-refractivity contribution in [3.05, 3.63) is 117 Å². The molecule has 248 valence electrons. The first-order chi connectivity index (χ1) is 22.8. The van der Waals surface area contributed by atoms with Crippen molar-refractivity contribution in [2.75, 3.05) is 26.2 Å². The Balaban J connectivity index is 1.28. The van der Waals surface area contributed by atoms with Gasteiger partial charge in [0, 0.05) is 26.2 Å². The van der Waals surface area contributed by atoms with Crippen molar-refractivity contribution >= 4 is 23.0 Å². The topological polar surface area (TPSA) is 68.8 Å². The highest BCUT2D eigenvalue weighted by molar-refractivity contribution is 6.00. The number of hydrogen-bond acceptors (Lipinski definition) is 3. The largest absolute Gasteiger partial charge is 0.344 e. The Labute approximate surface area is 286 Å². The number of benzene rings is 2. The van der Waals surface area contributed by atoms with E-state index in [4.69, 9.17) is 6.57 Å². The van der Waals surface area contributed by atoms with Crippen molar-refractivity contribution in [3.8, 4) is 6.07 Å². The molecule has 2 amide bonds. The molecule has 6 nitrogen and oxygen atoms in total. The van der Waals surface area contributed by atoms with Crippen LogP contribution in [-0.2, 0) is 20.4 Å². The van der Waals surface area contributed by atoms with Gasteiger partial charge in [0.05, 0.1) is 6.57 Å². The van der Waals surface area contributed by atoms with E-state index < -0.39 is 0 Å². The third-order valence-corrected chi connectivity index (χ3v) is 9.84. The molecule has 0 unspecified atom stereocenters. The number of piperazine rings is 1. The van der Waals surface area contributed by atoms with E-state index in [1.165, 1.54) is 11.1 Å². The van der Waals surface area contributed by atoms with Gasteiger partial charge in [-0.3, -0.25) is 9.59 Å². The zero-order chi connectivity index (χ0) is 34.6. The van der Waals surface area contributed by atoms with Crippen molar-refractivity contribution in [2.24, 2.45) is 0 Å². The maximum absolute atomic E-state index is 13.6. The number of nitriles is 1. The average molecular weight is 641 g/mol. The Hall–Kier alpha value is -4.68. The summed E-state index contributed by atoms with van der Waals surface area (Å²) in [6, 6.07) is 19.4. The molecule has 1 fully saturated rings. The fourth-order valence-electron chi connectivity index (χ4n) is 6.79. The van der Waals surface area contributed by atoms with Crippen molar-refractivity contribution < 1.29 is 9.59 Å². The fourth-order valence-corrected chi connectivity index (χ4v) is 6.79. The molecular formula is C42H48N4O2. The van der Waals surface area contributed by atoms with Gasteiger partial charge in [-0.25, -0.2) is 4.85 Å². The monoisotopic (exact) mass is 640 g/mol. The molecule has 0 spiro atoms. The number of hydrogen-bond donors (Lipinski definition) is 0. The van der Waals surface area contributed by atoms with Gasteiger partial charge in [-0.15, -0.1) is 0 Å². The molecule has 0 atom stereocenters. The van der Waals surface area contributed by atoms with Crippen LogP contribution >= 0.6 is 0 Å². The molecule has 2 aromatic carbocycles. The summed E-state index contributed by atoms with van der Waals surface area (Å²) in [6.07, 6.45) is 9.05. The van der Waals surface area contributed by atoms with E-state index in [9.17, 15) is 14.9 Å². The van der Waals surface area contributed by atoms with Gasteiger partial charge in [0.25, 0.3) is 17.5 Å². The van der Waals surface area contributed by atoms with E-state index >= 15 is 0 Å². The SMILES string of the molecule is [C-]#[N+]/C(C(=O)N1CCN(C(=O)/C(C#N)=C2/C=C(c3ccc(C(C)(C)C)cc3)CCC2)CC1)=C1\C=C(c2ccc(C(C)(C)C)cc2)CCC1. The molecule has 0 bridgehead atoms. The van der Waals surface area contributed by atoms with Crippen LogP contribution in [-0.4, -0.2) is 47.8 Å². The third-order valence-electron chi connectivity index (χ3n) is 9.84. The van der Waals surface area contributed by atoms with Gasteiger partial charge in [-0.1, -0.05) is 102 Å². The van der Waals surface area contributed by atoms with Crippen molar-refractivity contribution in [1.29, 1.82) is 5.26 Å². The van der Waals surface area contributed by atoms with Crippen LogP contribution in [0.25, 0.3) is 16.0 Å². The highest BCUT2D eigenvalue weighted by Crippen LogP contribution is 2.35. The summed E-state index contributed by atoms with van der Waals surface area (Å²) in [5.41, 5.74) is 9.19. The van der Waals surface area contributed by atoms with Crippen LogP contribution in [0.4, 0.5) is 0 Å². The zero-order valence-electron chi connectivity index (χ0n) is 29.4. The minimum absolute atomic E-state index is 0.0732. The summed E-state index contributed by atoms with van der Waals surface area (Å²) in [7, 11) is 0. The molecule has 1 saturated heterocycles. The van der Waals surface area contributed by atoms with Crippen LogP contribution in [0.5, 0.6) is 0 Å². The first kappa shape index (κ1) is 34.6. The second-order valence-corrected chi connectivity index (χ2v) is 15.3. The summed E-state index contributed by atoms with van der Waals surface area (Å²) in [6.45, 7) is 22.4. The van der Waals surface area contributed by atoms with Gasteiger partial charge in [-0.05, 0) is 93.9 Å². The molecule has 6 heteroatoms. The number of allylic oxidation sites excluding steroid dienone is 6. The van der Waals surface area contributed by atoms with E-state index in [1.54, 1.807) is 9.80 Å². The molecule has 48 heavy (non-hydrogen) atoms. The van der Waals surface area contributed by atoms with Gasteiger partial charge in [0.2, 0.25) is 0 Å². The summed E-state index contributed by atoms with van der Waals surface area (Å²) in [5, 5.41) is 10.1. The Morgan fingerprint density at radius 3 is 1.50 bits per heavy atom. The summed E-state index contributed by atoms with van der Waals surface area (Å²) in [5.74, 6) is -0.551. The van der Waals surface area contributed by atoms with Crippen LogP contribution in [0.2, 0.25) is 0 Å². The molecular weight excluding hydrogens is 592 g/mol. The highest BCUT2D eigenvalue weighted by atomic mass is 16.2. The Morgan fingerprint density at radius 1 is 0.667 bits per heavy atom. The first-order valence-electron chi connectivity index (χ1n) is 17.3. The van der Waals surface area contributed by atoms with Crippen molar-refractivity contribution in [3.63, 3.8) is 0 Å². The Bertz CT molecular complexity index is 1630. The average Bonchev–Trinajstić information content (AvgIpc) is 3.08. The molecule has 3 aliphatic rings. The predicted molar refractivity (Wildman–Crippen MR) is 193 cm³/mol. The minimum Gasteiger partial charge on any atom is -0.344 e. The highest BCUT2D eigenvalue weighted by Gasteiger charge is 2.30. The van der Waals surface area contributed by atoms with E-state index in [0.29, 0.717) is 39.0 Å².